The van der Waals surface area contributed by atoms with Crippen LogP contribution in [0.4, 0.5) is 10.1 Å². The fourth-order valence-electron chi connectivity index (χ4n) is 1.63. The number of likely N-dealkylation sites (N-methyl/N-ethyl adjacent to an activating group) is 1. The van der Waals surface area contributed by atoms with Crippen LogP contribution in [0.1, 0.15) is 12.5 Å². The maximum Gasteiger partial charge on any atom is 0.279 e. The number of hydrogen-bond donors (Lipinski definition) is 1. The van der Waals surface area contributed by atoms with Crippen molar-refractivity contribution >= 4 is 17.7 Å². The normalized spacial score (nSPS) is 10.8. The Balaban J connectivity index is 2.95. The highest BCUT2D eigenvalue weighted by Gasteiger charge is 2.13. The quantitative estimate of drug-likeness (QED) is 0.488. The van der Waals surface area contributed by atoms with E-state index in [1.54, 1.807) is 6.92 Å². The minimum atomic E-state index is -0.712. The molecule has 0 aliphatic heterocycles. The van der Waals surface area contributed by atoms with Gasteiger partial charge in [-0.25, -0.2) is 4.39 Å². The van der Waals surface area contributed by atoms with Gasteiger partial charge in [-0.2, -0.15) is 0 Å². The van der Waals surface area contributed by atoms with Gasteiger partial charge >= 0.3 is 0 Å². The third-order valence-corrected chi connectivity index (χ3v) is 2.66. The van der Waals surface area contributed by atoms with E-state index in [4.69, 9.17) is 5.11 Å². The monoisotopic (exact) mass is 282 g/mol. The molecule has 1 N–H and O–H groups in total. The SMILES string of the molecule is CCN(CCO)C(=O)/C=C/c1ccc(F)cc1[N+](=O)[O-]. The van der Waals surface area contributed by atoms with E-state index in [9.17, 15) is 19.3 Å². The van der Waals surface area contributed by atoms with Crippen molar-refractivity contribution in [2.75, 3.05) is 19.7 Å². The number of halogens is 1. The van der Waals surface area contributed by atoms with Gasteiger partial charge in [-0.15, -0.1) is 0 Å². The second kappa shape index (κ2) is 7.34. The molecule has 0 atom stereocenters. The first-order valence-corrected chi connectivity index (χ1v) is 6.01. The highest BCUT2D eigenvalue weighted by Crippen LogP contribution is 2.21. The minimum Gasteiger partial charge on any atom is -0.395 e. The third kappa shape index (κ3) is 4.13. The molecule has 108 valence electrons. The molecule has 1 aromatic carbocycles. The Labute approximate surface area is 115 Å². The zero-order chi connectivity index (χ0) is 15.1. The maximum absolute atomic E-state index is 13.0. The van der Waals surface area contributed by atoms with Gasteiger partial charge in [0.15, 0.2) is 0 Å². The Morgan fingerprint density at radius 1 is 1.55 bits per heavy atom. The number of carbonyl (C=O) groups is 1. The van der Waals surface area contributed by atoms with Gasteiger partial charge in [-0.1, -0.05) is 0 Å². The largest absolute Gasteiger partial charge is 0.395 e. The van der Waals surface area contributed by atoms with Crippen molar-refractivity contribution in [2.24, 2.45) is 0 Å². The zero-order valence-electron chi connectivity index (χ0n) is 11.0. The van der Waals surface area contributed by atoms with Crippen molar-refractivity contribution in [3.05, 3.63) is 45.8 Å². The third-order valence-electron chi connectivity index (χ3n) is 2.66. The number of rotatable bonds is 6. The summed E-state index contributed by atoms with van der Waals surface area (Å²) in [4.78, 5) is 23.2. The van der Waals surface area contributed by atoms with Gasteiger partial charge in [0.2, 0.25) is 5.91 Å². The zero-order valence-corrected chi connectivity index (χ0v) is 11.0. The Hall–Kier alpha value is -2.28. The number of nitro benzene ring substituents is 1. The molecule has 0 aliphatic rings. The van der Waals surface area contributed by atoms with Gasteiger partial charge in [0.1, 0.15) is 5.82 Å². The number of amides is 1. The second-order valence-corrected chi connectivity index (χ2v) is 3.94. The van der Waals surface area contributed by atoms with Gasteiger partial charge in [-0.05, 0) is 25.1 Å². The number of aliphatic hydroxyl groups excluding tert-OH is 1. The summed E-state index contributed by atoms with van der Waals surface area (Å²) in [7, 11) is 0. The summed E-state index contributed by atoms with van der Waals surface area (Å²) in [6.07, 6.45) is 2.43. The summed E-state index contributed by atoms with van der Waals surface area (Å²) in [5.41, 5.74) is -0.260. The van der Waals surface area contributed by atoms with E-state index < -0.39 is 16.4 Å². The van der Waals surface area contributed by atoms with Crippen LogP contribution in [0.5, 0.6) is 0 Å². The lowest BCUT2D eigenvalue weighted by Gasteiger charge is -2.17. The van der Waals surface area contributed by atoms with Crippen LogP contribution in [0.3, 0.4) is 0 Å². The average molecular weight is 282 g/mol. The fraction of sp³-hybridized carbons (Fsp3) is 0.308. The van der Waals surface area contributed by atoms with Crippen molar-refractivity contribution in [3.63, 3.8) is 0 Å². The molecule has 7 heteroatoms. The van der Waals surface area contributed by atoms with Crippen molar-refractivity contribution in [2.45, 2.75) is 6.92 Å². The molecule has 0 saturated heterocycles. The molecule has 6 nitrogen and oxygen atoms in total. The molecule has 0 bridgehead atoms. The summed E-state index contributed by atoms with van der Waals surface area (Å²) in [6, 6.07) is 3.12. The lowest BCUT2D eigenvalue weighted by Crippen LogP contribution is -2.31. The molecule has 1 rings (SSSR count). The van der Waals surface area contributed by atoms with Crippen LogP contribution in [-0.4, -0.2) is 40.5 Å². The van der Waals surface area contributed by atoms with E-state index in [-0.39, 0.29) is 24.6 Å². The highest BCUT2D eigenvalue weighted by molar-refractivity contribution is 5.92. The van der Waals surface area contributed by atoms with Crippen LogP contribution in [-0.2, 0) is 4.79 Å². The summed E-state index contributed by atoms with van der Waals surface area (Å²) >= 11 is 0. The summed E-state index contributed by atoms with van der Waals surface area (Å²) in [6.45, 7) is 2.19. The molecule has 1 amide bonds. The van der Waals surface area contributed by atoms with Crippen LogP contribution in [0.2, 0.25) is 0 Å². The summed E-state index contributed by atoms with van der Waals surface area (Å²) in [5.74, 6) is -1.09. The Morgan fingerprint density at radius 3 is 2.80 bits per heavy atom. The van der Waals surface area contributed by atoms with E-state index in [0.717, 1.165) is 12.1 Å². The predicted octanol–water partition coefficient (Wildman–Crippen LogP) is 1.59. The summed E-state index contributed by atoms with van der Waals surface area (Å²) < 4.78 is 13.0. The molecule has 0 radical (unpaired) electrons. The fourth-order valence-corrected chi connectivity index (χ4v) is 1.63. The molecule has 0 aliphatic carbocycles. The standard InChI is InChI=1S/C13H15FN2O4/c1-2-15(7-8-17)13(18)6-4-10-3-5-11(14)9-12(10)16(19)20/h3-6,9,17H,2,7-8H2,1H3/b6-4+. The first-order valence-electron chi connectivity index (χ1n) is 6.01. The number of benzene rings is 1. The van der Waals surface area contributed by atoms with Crippen LogP contribution in [0.25, 0.3) is 6.08 Å². The number of aliphatic hydroxyl groups is 1. The molecule has 0 fully saturated rings. The lowest BCUT2D eigenvalue weighted by atomic mass is 10.1. The Morgan fingerprint density at radius 2 is 2.25 bits per heavy atom. The highest BCUT2D eigenvalue weighted by atomic mass is 19.1. The van der Waals surface area contributed by atoms with Crippen LogP contribution in [0, 0.1) is 15.9 Å². The first-order chi connectivity index (χ1) is 9.49. The minimum absolute atomic E-state index is 0.143. The number of hydrogen-bond acceptors (Lipinski definition) is 4. The predicted molar refractivity (Wildman–Crippen MR) is 71.4 cm³/mol. The molecule has 1 aromatic rings. The van der Waals surface area contributed by atoms with Gasteiger partial charge in [0, 0.05) is 19.2 Å². The molecule has 0 aromatic heterocycles. The lowest BCUT2D eigenvalue weighted by molar-refractivity contribution is -0.385. The molecule has 20 heavy (non-hydrogen) atoms. The number of nitro groups is 1. The number of nitrogens with zero attached hydrogens (tertiary/aromatic N) is 2. The van der Waals surface area contributed by atoms with Crippen LogP contribution >= 0.6 is 0 Å². The van der Waals surface area contributed by atoms with Crippen LogP contribution < -0.4 is 0 Å². The van der Waals surface area contributed by atoms with Crippen molar-refractivity contribution in [3.8, 4) is 0 Å². The van der Waals surface area contributed by atoms with Gasteiger partial charge in [0.05, 0.1) is 23.2 Å². The van der Waals surface area contributed by atoms with Crippen molar-refractivity contribution in [1.29, 1.82) is 0 Å². The number of carbonyl (C=O) groups excluding carboxylic acids is 1. The van der Waals surface area contributed by atoms with E-state index in [1.807, 2.05) is 0 Å². The van der Waals surface area contributed by atoms with Gasteiger partial charge in [-0.3, -0.25) is 14.9 Å². The molecule has 0 spiro atoms. The molecule has 0 saturated carbocycles. The Bertz CT molecular complexity index is 531. The van der Waals surface area contributed by atoms with E-state index in [1.165, 1.54) is 23.1 Å². The van der Waals surface area contributed by atoms with E-state index in [0.29, 0.717) is 6.54 Å². The Kier molecular flexibility index (Phi) is 5.79. The summed E-state index contributed by atoms with van der Waals surface area (Å²) in [5, 5.41) is 19.6. The van der Waals surface area contributed by atoms with Crippen molar-refractivity contribution in [1.82, 2.24) is 4.90 Å². The van der Waals surface area contributed by atoms with Crippen LogP contribution in [0.15, 0.2) is 24.3 Å². The topological polar surface area (TPSA) is 83.7 Å². The van der Waals surface area contributed by atoms with Crippen molar-refractivity contribution < 1.29 is 19.2 Å². The second-order valence-electron chi connectivity index (χ2n) is 3.94. The molecule has 0 heterocycles. The van der Waals surface area contributed by atoms with Gasteiger partial charge < -0.3 is 10.0 Å². The molecular weight excluding hydrogens is 267 g/mol. The smallest absolute Gasteiger partial charge is 0.279 e. The first kappa shape index (κ1) is 15.8. The van der Waals surface area contributed by atoms with E-state index in [2.05, 4.69) is 0 Å². The maximum atomic E-state index is 13.0. The van der Waals surface area contributed by atoms with Gasteiger partial charge in [0.25, 0.3) is 5.69 Å². The molecular formula is C13H15FN2O4. The van der Waals surface area contributed by atoms with E-state index >= 15 is 0 Å². The average Bonchev–Trinajstić information content (AvgIpc) is 2.42. The molecule has 0 unspecified atom stereocenters.